The topological polar surface area (TPSA) is 75.3 Å². The number of hydrogen-bond donors (Lipinski definition) is 3. The van der Waals surface area contributed by atoms with Gasteiger partial charge in [-0.25, -0.2) is 4.79 Å². The van der Waals surface area contributed by atoms with E-state index in [1.165, 1.54) is 18.3 Å². The van der Waals surface area contributed by atoms with Gasteiger partial charge in [0.1, 0.15) is 6.10 Å². The molecule has 2 aromatic rings. The number of nitrogens with zero attached hydrogens (tertiary/aromatic N) is 1. The Morgan fingerprint density at radius 3 is 2.38 bits per heavy atom. The lowest BCUT2D eigenvalue weighted by Crippen LogP contribution is -2.33. The Hall–Kier alpha value is -2.65. The fourth-order valence-electron chi connectivity index (χ4n) is 2.46. The fourth-order valence-corrected chi connectivity index (χ4v) is 2.46. The van der Waals surface area contributed by atoms with E-state index in [1.54, 1.807) is 12.1 Å². The summed E-state index contributed by atoms with van der Waals surface area (Å²) in [6, 6.07) is 7.07. The van der Waals surface area contributed by atoms with Crippen LogP contribution in [0.1, 0.15) is 17.4 Å². The Balaban J connectivity index is 1.56. The summed E-state index contributed by atoms with van der Waals surface area (Å²) in [5, 5.41) is 8.25. The van der Waals surface area contributed by atoms with E-state index in [0.29, 0.717) is 18.8 Å². The van der Waals surface area contributed by atoms with E-state index >= 15 is 0 Å². The normalized spacial score (nSPS) is 17.6. The number of rotatable bonds is 3. The first-order chi connectivity index (χ1) is 12.4. The Morgan fingerprint density at radius 2 is 1.81 bits per heavy atom. The van der Waals surface area contributed by atoms with Gasteiger partial charge in [-0.05, 0) is 36.4 Å². The third kappa shape index (κ3) is 4.70. The highest BCUT2D eigenvalue weighted by Gasteiger charge is 2.30. The predicted octanol–water partition coefficient (Wildman–Crippen LogP) is 3.41. The van der Waals surface area contributed by atoms with Crippen LogP contribution < -0.4 is 16.0 Å². The summed E-state index contributed by atoms with van der Waals surface area (Å²) in [5.41, 5.74) is 0.692. The van der Waals surface area contributed by atoms with Gasteiger partial charge in [-0.2, -0.15) is 13.2 Å². The minimum atomic E-state index is -4.41. The van der Waals surface area contributed by atoms with E-state index in [1.807, 2.05) is 0 Å². The van der Waals surface area contributed by atoms with Gasteiger partial charge in [-0.1, -0.05) is 0 Å². The van der Waals surface area contributed by atoms with Crippen LogP contribution in [0.25, 0.3) is 0 Å². The van der Waals surface area contributed by atoms with Gasteiger partial charge in [-0.3, -0.25) is 4.98 Å². The minimum Gasteiger partial charge on any atom is -0.369 e. The zero-order chi connectivity index (χ0) is 18.6. The smallest absolute Gasteiger partial charge is 0.369 e. The molecular formula is C17H17F3N4O2. The third-order valence-electron chi connectivity index (χ3n) is 3.77. The number of anilines is 2. The second-order valence-corrected chi connectivity index (χ2v) is 5.69. The van der Waals surface area contributed by atoms with Crippen LogP contribution in [0.4, 0.5) is 29.3 Å². The molecular weight excluding hydrogens is 349 g/mol. The summed E-state index contributed by atoms with van der Waals surface area (Å²) in [6.07, 6.45) is -3.04. The molecule has 26 heavy (non-hydrogen) atoms. The molecule has 1 aliphatic heterocycles. The van der Waals surface area contributed by atoms with Crippen LogP contribution in [0.2, 0.25) is 0 Å². The van der Waals surface area contributed by atoms with Crippen molar-refractivity contribution in [3.05, 3.63) is 53.9 Å². The molecule has 0 saturated carbocycles. The van der Waals surface area contributed by atoms with E-state index in [4.69, 9.17) is 4.74 Å². The van der Waals surface area contributed by atoms with E-state index in [0.717, 1.165) is 24.4 Å². The van der Waals surface area contributed by atoms with Crippen molar-refractivity contribution < 1.29 is 22.7 Å². The van der Waals surface area contributed by atoms with Crippen LogP contribution in [0.3, 0.4) is 0 Å². The molecule has 0 unspecified atom stereocenters. The number of aromatic nitrogens is 1. The van der Waals surface area contributed by atoms with Crippen molar-refractivity contribution in [2.45, 2.75) is 12.3 Å². The Labute approximate surface area is 147 Å². The Bertz CT molecular complexity index is 742. The number of carbonyl (C=O) groups is 1. The van der Waals surface area contributed by atoms with Gasteiger partial charge in [0.05, 0.1) is 29.7 Å². The van der Waals surface area contributed by atoms with Gasteiger partial charge < -0.3 is 20.7 Å². The van der Waals surface area contributed by atoms with Crippen LogP contribution in [0.15, 0.2) is 42.6 Å². The first-order valence-electron chi connectivity index (χ1n) is 7.95. The van der Waals surface area contributed by atoms with Crippen LogP contribution in [-0.2, 0) is 10.9 Å². The molecule has 138 valence electrons. The maximum atomic E-state index is 12.5. The molecule has 1 atom stereocenters. The standard InChI is InChI=1S/C17H17F3N4O2/c18-17(19,20)11-1-3-12(4-2-11)23-16(25)24-13-5-6-14(22-9-13)15-10-21-7-8-26-15/h1-6,9,15,21H,7-8,10H2,(H2,23,24,25)/t15-/m0/s1. The number of nitrogens with one attached hydrogen (secondary N) is 3. The van der Waals surface area contributed by atoms with Crippen molar-refractivity contribution >= 4 is 17.4 Å². The van der Waals surface area contributed by atoms with Gasteiger partial charge >= 0.3 is 12.2 Å². The molecule has 1 aliphatic rings. The van der Waals surface area contributed by atoms with Gasteiger partial charge in [0, 0.05) is 18.8 Å². The lowest BCUT2D eigenvalue weighted by Gasteiger charge is -2.23. The van der Waals surface area contributed by atoms with Gasteiger partial charge in [0.2, 0.25) is 0 Å². The van der Waals surface area contributed by atoms with E-state index < -0.39 is 17.8 Å². The molecule has 0 radical (unpaired) electrons. The summed E-state index contributed by atoms with van der Waals surface area (Å²) in [5.74, 6) is 0. The minimum absolute atomic E-state index is 0.126. The SMILES string of the molecule is O=C(Nc1ccc(C(F)(F)F)cc1)Nc1ccc([C@@H]2CNCCO2)nc1. The summed E-state index contributed by atoms with van der Waals surface area (Å²) in [4.78, 5) is 16.2. The monoisotopic (exact) mass is 366 g/mol. The number of urea groups is 1. The zero-order valence-electron chi connectivity index (χ0n) is 13.6. The van der Waals surface area contributed by atoms with E-state index in [2.05, 4.69) is 20.9 Å². The quantitative estimate of drug-likeness (QED) is 0.778. The van der Waals surface area contributed by atoms with Crippen LogP contribution in [0.5, 0.6) is 0 Å². The van der Waals surface area contributed by atoms with Crippen molar-refractivity contribution in [2.75, 3.05) is 30.3 Å². The number of alkyl halides is 3. The fraction of sp³-hybridized carbons (Fsp3) is 0.294. The van der Waals surface area contributed by atoms with Crippen molar-refractivity contribution in [3.8, 4) is 0 Å². The lowest BCUT2D eigenvalue weighted by atomic mass is 10.2. The molecule has 0 aliphatic carbocycles. The molecule has 2 heterocycles. The van der Waals surface area contributed by atoms with Crippen LogP contribution >= 0.6 is 0 Å². The van der Waals surface area contributed by atoms with Crippen LogP contribution in [0, 0.1) is 0 Å². The first-order valence-corrected chi connectivity index (χ1v) is 7.95. The molecule has 2 amide bonds. The largest absolute Gasteiger partial charge is 0.416 e. The molecule has 9 heteroatoms. The highest BCUT2D eigenvalue weighted by Crippen LogP contribution is 2.29. The number of amides is 2. The third-order valence-corrected chi connectivity index (χ3v) is 3.77. The number of halogens is 3. The second-order valence-electron chi connectivity index (χ2n) is 5.69. The number of hydrogen-bond acceptors (Lipinski definition) is 4. The summed E-state index contributed by atoms with van der Waals surface area (Å²) in [7, 11) is 0. The highest BCUT2D eigenvalue weighted by molar-refractivity contribution is 5.99. The van der Waals surface area contributed by atoms with E-state index in [9.17, 15) is 18.0 Å². The molecule has 3 N–H and O–H groups in total. The van der Waals surface area contributed by atoms with Crippen LogP contribution in [-0.4, -0.2) is 30.7 Å². The van der Waals surface area contributed by atoms with Gasteiger partial charge in [0.25, 0.3) is 0 Å². The molecule has 6 nitrogen and oxygen atoms in total. The summed E-state index contributed by atoms with van der Waals surface area (Å²) >= 11 is 0. The average Bonchev–Trinajstić information content (AvgIpc) is 2.63. The zero-order valence-corrected chi connectivity index (χ0v) is 13.6. The lowest BCUT2D eigenvalue weighted by molar-refractivity contribution is -0.137. The molecule has 1 aromatic carbocycles. The maximum Gasteiger partial charge on any atom is 0.416 e. The number of pyridine rings is 1. The van der Waals surface area contributed by atoms with Crippen molar-refractivity contribution in [3.63, 3.8) is 0 Å². The first kappa shape index (κ1) is 18.2. The summed E-state index contributed by atoms with van der Waals surface area (Å²) < 4.78 is 43.1. The van der Waals surface area contributed by atoms with E-state index in [-0.39, 0.29) is 11.8 Å². The number of morpholine rings is 1. The van der Waals surface area contributed by atoms with Crippen molar-refractivity contribution in [1.29, 1.82) is 0 Å². The molecule has 0 bridgehead atoms. The second kappa shape index (κ2) is 7.71. The molecule has 0 spiro atoms. The predicted molar refractivity (Wildman–Crippen MR) is 89.9 cm³/mol. The van der Waals surface area contributed by atoms with Gasteiger partial charge in [0.15, 0.2) is 0 Å². The number of carbonyl (C=O) groups excluding carboxylic acids is 1. The van der Waals surface area contributed by atoms with Crippen molar-refractivity contribution in [2.24, 2.45) is 0 Å². The highest BCUT2D eigenvalue weighted by atomic mass is 19.4. The molecule has 1 aromatic heterocycles. The average molecular weight is 366 g/mol. The Morgan fingerprint density at radius 1 is 1.12 bits per heavy atom. The molecule has 1 fully saturated rings. The molecule has 1 saturated heterocycles. The van der Waals surface area contributed by atoms with Gasteiger partial charge in [-0.15, -0.1) is 0 Å². The van der Waals surface area contributed by atoms with Crippen molar-refractivity contribution in [1.82, 2.24) is 10.3 Å². The Kier molecular flexibility index (Phi) is 5.38. The maximum absolute atomic E-state index is 12.5. The summed E-state index contributed by atoms with van der Waals surface area (Å²) in [6.45, 7) is 2.09. The number of ether oxygens (including phenoxy) is 1. The number of benzene rings is 1. The molecule has 3 rings (SSSR count).